The maximum Gasteiger partial charge on any atom is 0.327 e. The molecule has 1 N–H and O–H groups in total. The third kappa shape index (κ3) is 4.19. The van der Waals surface area contributed by atoms with Crippen LogP contribution in [0.15, 0.2) is 17.5 Å². The number of nitrogens with zero attached hydrogens (tertiary/aromatic N) is 2. The van der Waals surface area contributed by atoms with E-state index in [4.69, 9.17) is 4.74 Å². The normalized spacial score (nSPS) is 11.4. The first kappa shape index (κ1) is 18.1. The van der Waals surface area contributed by atoms with E-state index in [0.717, 1.165) is 16.8 Å². The SMILES string of the molecule is COc1cc(F)c([N+](=O)[O-])c(NCCc2csc(C(C)(C)C)n2)c1. The Morgan fingerprint density at radius 3 is 2.67 bits per heavy atom. The number of rotatable bonds is 6. The van der Waals surface area contributed by atoms with Crippen molar-refractivity contribution in [3.8, 4) is 5.75 Å². The number of ether oxygens (including phenoxy) is 1. The lowest BCUT2D eigenvalue weighted by molar-refractivity contribution is -0.386. The Kier molecular flexibility index (Phi) is 5.38. The summed E-state index contributed by atoms with van der Waals surface area (Å²) in [5.74, 6) is -0.699. The molecular formula is C16H20FN3O3S. The summed E-state index contributed by atoms with van der Waals surface area (Å²) in [4.78, 5) is 14.9. The third-order valence-electron chi connectivity index (χ3n) is 3.35. The second-order valence-corrected chi connectivity index (χ2v) is 7.19. The summed E-state index contributed by atoms with van der Waals surface area (Å²) in [6.45, 7) is 6.68. The topological polar surface area (TPSA) is 77.3 Å². The van der Waals surface area contributed by atoms with E-state index in [-0.39, 0.29) is 16.9 Å². The largest absolute Gasteiger partial charge is 0.497 e. The van der Waals surface area contributed by atoms with Crippen molar-refractivity contribution in [3.63, 3.8) is 0 Å². The van der Waals surface area contributed by atoms with E-state index in [9.17, 15) is 14.5 Å². The molecule has 0 bridgehead atoms. The Morgan fingerprint density at radius 1 is 1.42 bits per heavy atom. The molecule has 6 nitrogen and oxygen atoms in total. The van der Waals surface area contributed by atoms with E-state index in [2.05, 4.69) is 31.1 Å². The minimum atomic E-state index is -0.925. The highest BCUT2D eigenvalue weighted by molar-refractivity contribution is 7.09. The van der Waals surface area contributed by atoms with Crippen LogP contribution in [0.1, 0.15) is 31.5 Å². The predicted molar refractivity (Wildman–Crippen MR) is 92.6 cm³/mol. The van der Waals surface area contributed by atoms with Crippen LogP contribution in [0.3, 0.4) is 0 Å². The van der Waals surface area contributed by atoms with Gasteiger partial charge >= 0.3 is 5.69 Å². The molecule has 0 aliphatic heterocycles. The fourth-order valence-electron chi connectivity index (χ4n) is 2.10. The van der Waals surface area contributed by atoms with Crippen LogP contribution >= 0.6 is 11.3 Å². The molecule has 1 aromatic carbocycles. The molecule has 1 heterocycles. The number of nitrogens with one attached hydrogen (secondary N) is 1. The average Bonchev–Trinajstić information content (AvgIpc) is 2.95. The number of thiazole rings is 1. The molecule has 0 unspecified atom stereocenters. The first-order chi connectivity index (χ1) is 11.2. The van der Waals surface area contributed by atoms with Gasteiger partial charge in [0.25, 0.3) is 0 Å². The molecule has 0 atom stereocenters. The van der Waals surface area contributed by atoms with Crippen molar-refractivity contribution in [1.82, 2.24) is 4.98 Å². The zero-order valence-electron chi connectivity index (χ0n) is 14.1. The molecule has 24 heavy (non-hydrogen) atoms. The van der Waals surface area contributed by atoms with Crippen molar-refractivity contribution >= 4 is 22.7 Å². The van der Waals surface area contributed by atoms with E-state index in [1.165, 1.54) is 13.2 Å². The van der Waals surface area contributed by atoms with Crippen molar-refractivity contribution in [3.05, 3.63) is 44.1 Å². The first-order valence-corrected chi connectivity index (χ1v) is 8.31. The maximum atomic E-state index is 13.9. The lowest BCUT2D eigenvalue weighted by atomic mass is 9.98. The number of aromatic nitrogens is 1. The quantitative estimate of drug-likeness (QED) is 0.623. The van der Waals surface area contributed by atoms with Crippen molar-refractivity contribution in [2.75, 3.05) is 19.0 Å². The van der Waals surface area contributed by atoms with Gasteiger partial charge in [-0.3, -0.25) is 10.1 Å². The molecule has 8 heteroatoms. The van der Waals surface area contributed by atoms with Gasteiger partial charge < -0.3 is 10.1 Å². The fraction of sp³-hybridized carbons (Fsp3) is 0.438. The van der Waals surface area contributed by atoms with Crippen molar-refractivity contribution in [2.24, 2.45) is 0 Å². The van der Waals surface area contributed by atoms with Crippen LogP contribution in [0.5, 0.6) is 5.75 Å². The number of nitro benzene ring substituents is 1. The molecule has 0 fully saturated rings. The summed E-state index contributed by atoms with van der Waals surface area (Å²) in [7, 11) is 1.38. The van der Waals surface area contributed by atoms with Gasteiger partial charge in [-0.25, -0.2) is 4.98 Å². The molecule has 2 rings (SSSR count). The van der Waals surface area contributed by atoms with Crippen LogP contribution in [-0.2, 0) is 11.8 Å². The van der Waals surface area contributed by atoms with E-state index in [1.807, 2.05) is 5.38 Å². The predicted octanol–water partition coefficient (Wildman–Crippen LogP) is 4.15. The van der Waals surface area contributed by atoms with E-state index < -0.39 is 16.4 Å². The van der Waals surface area contributed by atoms with Gasteiger partial charge in [-0.15, -0.1) is 11.3 Å². The van der Waals surface area contributed by atoms with Crippen LogP contribution in [0.4, 0.5) is 15.8 Å². The van der Waals surface area contributed by atoms with E-state index in [1.54, 1.807) is 11.3 Å². The molecule has 130 valence electrons. The Morgan fingerprint density at radius 2 is 2.12 bits per heavy atom. The monoisotopic (exact) mass is 353 g/mol. The molecule has 0 aliphatic rings. The second-order valence-electron chi connectivity index (χ2n) is 6.33. The van der Waals surface area contributed by atoms with Gasteiger partial charge in [0.2, 0.25) is 5.82 Å². The summed E-state index contributed by atoms with van der Waals surface area (Å²) < 4.78 is 18.8. The van der Waals surface area contributed by atoms with Gasteiger partial charge in [-0.05, 0) is 0 Å². The van der Waals surface area contributed by atoms with Crippen LogP contribution < -0.4 is 10.1 Å². The fourth-order valence-corrected chi connectivity index (χ4v) is 3.05. The summed E-state index contributed by atoms with van der Waals surface area (Å²) in [5.41, 5.74) is 0.418. The lowest BCUT2D eigenvalue weighted by Crippen LogP contribution is -2.11. The molecule has 0 saturated carbocycles. The van der Waals surface area contributed by atoms with Gasteiger partial charge in [0.05, 0.1) is 22.7 Å². The van der Waals surface area contributed by atoms with Crippen LogP contribution in [0.2, 0.25) is 0 Å². The summed E-state index contributed by atoms with van der Waals surface area (Å²) >= 11 is 1.59. The van der Waals surface area contributed by atoms with Crippen LogP contribution in [0, 0.1) is 15.9 Å². The van der Waals surface area contributed by atoms with E-state index in [0.29, 0.717) is 13.0 Å². The number of benzene rings is 1. The molecule has 0 aliphatic carbocycles. The zero-order valence-corrected chi connectivity index (χ0v) is 14.9. The van der Waals surface area contributed by atoms with E-state index >= 15 is 0 Å². The summed E-state index contributed by atoms with van der Waals surface area (Å²) in [5, 5.41) is 17.0. The Bertz CT molecular complexity index is 741. The number of hydrogen-bond donors (Lipinski definition) is 1. The third-order valence-corrected chi connectivity index (χ3v) is 4.66. The molecule has 0 radical (unpaired) electrons. The minimum Gasteiger partial charge on any atom is -0.497 e. The van der Waals surface area contributed by atoms with Gasteiger partial charge in [0.1, 0.15) is 11.4 Å². The zero-order chi connectivity index (χ0) is 17.9. The Hall–Kier alpha value is -2.22. The smallest absolute Gasteiger partial charge is 0.327 e. The highest BCUT2D eigenvalue weighted by Crippen LogP contribution is 2.32. The van der Waals surface area contributed by atoms with Crippen molar-refractivity contribution in [1.29, 1.82) is 0 Å². The van der Waals surface area contributed by atoms with Gasteiger partial charge in [-0.2, -0.15) is 4.39 Å². The number of halogens is 1. The number of hydrogen-bond acceptors (Lipinski definition) is 6. The Balaban J connectivity index is 2.10. The lowest BCUT2D eigenvalue weighted by Gasteiger charge is -2.13. The highest BCUT2D eigenvalue weighted by Gasteiger charge is 2.22. The average molecular weight is 353 g/mol. The number of nitro groups is 1. The second kappa shape index (κ2) is 7.12. The van der Waals surface area contributed by atoms with Crippen molar-refractivity contribution < 1.29 is 14.1 Å². The number of anilines is 1. The van der Waals surface area contributed by atoms with Crippen molar-refractivity contribution in [2.45, 2.75) is 32.6 Å². The Labute approximate surface area is 143 Å². The minimum absolute atomic E-state index is 0.00887. The number of methoxy groups -OCH3 is 1. The van der Waals surface area contributed by atoms with Gasteiger partial charge in [0.15, 0.2) is 0 Å². The van der Waals surface area contributed by atoms with Gasteiger partial charge in [-0.1, -0.05) is 20.8 Å². The maximum absolute atomic E-state index is 13.9. The summed E-state index contributed by atoms with van der Waals surface area (Å²) in [6.07, 6.45) is 0.586. The van der Waals surface area contributed by atoms with Crippen LogP contribution in [-0.4, -0.2) is 23.6 Å². The molecule has 0 saturated heterocycles. The molecule has 0 spiro atoms. The molecule has 1 aromatic heterocycles. The van der Waals surface area contributed by atoms with Crippen LogP contribution in [0.25, 0.3) is 0 Å². The molecule has 0 amide bonds. The standard InChI is InChI=1S/C16H20FN3O3S/c1-16(2,3)15-19-10(9-24-15)5-6-18-13-8-11(23-4)7-12(17)14(13)20(21)22/h7-9,18H,5-6H2,1-4H3. The summed E-state index contributed by atoms with van der Waals surface area (Å²) in [6, 6.07) is 2.42. The van der Waals surface area contributed by atoms with Gasteiger partial charge in [0, 0.05) is 35.9 Å². The first-order valence-electron chi connectivity index (χ1n) is 7.43. The molecule has 2 aromatic rings. The molecular weight excluding hydrogens is 333 g/mol. The highest BCUT2D eigenvalue weighted by atomic mass is 32.1.